The third kappa shape index (κ3) is 4.53. The second kappa shape index (κ2) is 6.99. The maximum atomic E-state index is 6.85. The maximum absolute atomic E-state index is 6.85. The van der Waals surface area contributed by atoms with E-state index in [-0.39, 0.29) is 5.60 Å². The molecule has 0 amide bonds. The summed E-state index contributed by atoms with van der Waals surface area (Å²) < 4.78 is 6.85. The van der Waals surface area contributed by atoms with Crippen LogP contribution in [0.3, 0.4) is 0 Å². The van der Waals surface area contributed by atoms with Gasteiger partial charge in [0.1, 0.15) is 0 Å². The second-order valence-electron chi connectivity index (χ2n) is 8.99. The largest absolute Gasteiger partial charge is 0.415 e. The van der Waals surface area contributed by atoms with Crippen LogP contribution in [0.5, 0.6) is 0 Å². The first-order chi connectivity index (χ1) is 9.47. The topological polar surface area (TPSA) is 21.3 Å². The Morgan fingerprint density at radius 2 is 1.57 bits per heavy atom. The first kappa shape index (κ1) is 19.6. The van der Waals surface area contributed by atoms with Crippen LogP contribution in [0.2, 0.25) is 44.8 Å². The summed E-state index contributed by atoms with van der Waals surface area (Å²) >= 11 is 0. The van der Waals surface area contributed by atoms with Crippen molar-refractivity contribution in [3.05, 3.63) is 0 Å². The van der Waals surface area contributed by atoms with Crippen molar-refractivity contribution in [2.75, 3.05) is 13.1 Å². The van der Waals surface area contributed by atoms with Gasteiger partial charge in [0.2, 0.25) is 0 Å². The average Bonchev–Trinajstić information content (AvgIpc) is 2.29. The van der Waals surface area contributed by atoms with E-state index in [1.165, 1.54) is 44.4 Å². The smallest absolute Gasteiger partial charge is 0.175 e. The van der Waals surface area contributed by atoms with E-state index in [1.807, 2.05) is 0 Å². The highest BCUT2D eigenvalue weighted by Crippen LogP contribution is 2.45. The lowest BCUT2D eigenvalue weighted by molar-refractivity contribution is 0.120. The van der Waals surface area contributed by atoms with Crippen molar-refractivity contribution < 1.29 is 4.43 Å². The van der Waals surface area contributed by atoms with Crippen LogP contribution < -0.4 is 5.32 Å². The third-order valence-electron chi connectivity index (χ3n) is 6.10. The molecule has 0 aromatic carbocycles. The van der Waals surface area contributed by atoms with Crippen LogP contribution in [0.25, 0.3) is 0 Å². The first-order valence-electron chi connectivity index (χ1n) is 8.88. The zero-order valence-electron chi connectivity index (χ0n) is 15.9. The fraction of sp³-hybridized carbons (Fsp3) is 1.00. The van der Waals surface area contributed by atoms with Gasteiger partial charge >= 0.3 is 0 Å². The zero-order chi connectivity index (χ0) is 16.4. The highest BCUT2D eigenvalue weighted by molar-refractivity contribution is 7.67. The maximum Gasteiger partial charge on any atom is 0.175 e. The molecule has 0 spiro atoms. The Morgan fingerprint density at radius 3 is 2.14 bits per heavy atom. The van der Waals surface area contributed by atoms with Gasteiger partial charge in [-0.05, 0) is 58.4 Å². The molecule has 126 valence electrons. The number of rotatable bonds is 7. The third-order valence-corrected chi connectivity index (χ3v) is 46.7. The van der Waals surface area contributed by atoms with E-state index in [4.69, 9.17) is 4.43 Å². The van der Waals surface area contributed by atoms with E-state index in [2.05, 4.69) is 58.8 Å². The van der Waals surface area contributed by atoms with Gasteiger partial charge in [-0.15, -0.1) is 0 Å². The van der Waals surface area contributed by atoms with Crippen LogP contribution in [0.4, 0.5) is 0 Å². The van der Waals surface area contributed by atoms with E-state index >= 15 is 0 Å². The molecule has 2 nitrogen and oxygen atoms in total. The Labute approximate surface area is 136 Å². The SMILES string of the molecule is CCCCNCCC[Si]1(C)OC(C)(C)C[Si](C)(C)[Si]1(C)C. The molecule has 1 atom stereocenters. The summed E-state index contributed by atoms with van der Waals surface area (Å²) in [5.41, 5.74) is 0.134. The second-order valence-corrected chi connectivity index (χ2v) is 35.8. The molecule has 21 heavy (non-hydrogen) atoms. The van der Waals surface area contributed by atoms with Gasteiger partial charge in [-0.3, -0.25) is 0 Å². The van der Waals surface area contributed by atoms with Crippen molar-refractivity contribution in [3.63, 3.8) is 0 Å². The summed E-state index contributed by atoms with van der Waals surface area (Å²) in [5, 5.41) is 3.61. The fourth-order valence-corrected chi connectivity index (χ4v) is 37.6. The van der Waals surface area contributed by atoms with Gasteiger partial charge in [-0.2, -0.15) is 0 Å². The number of hydrogen-bond donors (Lipinski definition) is 1. The monoisotopic (exact) mass is 345 g/mol. The van der Waals surface area contributed by atoms with E-state index in [1.54, 1.807) is 0 Å². The Kier molecular flexibility index (Phi) is 6.53. The molecule has 1 aliphatic heterocycles. The Bertz CT molecular complexity index is 344. The van der Waals surface area contributed by atoms with Crippen LogP contribution in [0.15, 0.2) is 0 Å². The Balaban J connectivity index is 2.67. The fourth-order valence-electron chi connectivity index (χ4n) is 4.12. The molecule has 0 bridgehead atoms. The van der Waals surface area contributed by atoms with Gasteiger partial charge in [0.25, 0.3) is 0 Å². The molecule has 1 heterocycles. The van der Waals surface area contributed by atoms with Crippen molar-refractivity contribution in [2.45, 2.75) is 90.5 Å². The van der Waals surface area contributed by atoms with E-state index in [9.17, 15) is 0 Å². The normalized spacial score (nSPS) is 30.3. The summed E-state index contributed by atoms with van der Waals surface area (Å²) in [6.45, 7) is 22.5. The lowest BCUT2D eigenvalue weighted by Crippen LogP contribution is -2.78. The minimum atomic E-state index is -1.54. The molecular weight excluding hydrogens is 306 g/mol. The van der Waals surface area contributed by atoms with Crippen molar-refractivity contribution >= 4 is 22.5 Å². The van der Waals surface area contributed by atoms with Crippen LogP contribution in [-0.4, -0.2) is 41.2 Å². The van der Waals surface area contributed by atoms with Gasteiger partial charge in [0.15, 0.2) is 7.83 Å². The first-order valence-corrected chi connectivity index (χ1v) is 19.7. The average molecular weight is 346 g/mol. The van der Waals surface area contributed by atoms with Gasteiger partial charge in [0.05, 0.1) is 7.11 Å². The molecule has 0 aliphatic carbocycles. The lowest BCUT2D eigenvalue weighted by Gasteiger charge is -2.59. The zero-order valence-corrected chi connectivity index (χ0v) is 18.9. The summed E-state index contributed by atoms with van der Waals surface area (Å²) in [7, 11) is -3.87. The van der Waals surface area contributed by atoms with Crippen LogP contribution in [-0.2, 0) is 4.43 Å². The predicted molar refractivity (Wildman–Crippen MR) is 104 cm³/mol. The van der Waals surface area contributed by atoms with Crippen LogP contribution >= 0.6 is 0 Å². The molecule has 1 fully saturated rings. The molecule has 5 heteroatoms. The van der Waals surface area contributed by atoms with Crippen molar-refractivity contribution in [1.82, 2.24) is 5.32 Å². The Morgan fingerprint density at radius 1 is 1.00 bits per heavy atom. The van der Waals surface area contributed by atoms with Crippen LogP contribution in [0.1, 0.15) is 40.0 Å². The summed E-state index contributed by atoms with van der Waals surface area (Å²) in [6, 6.07) is 2.72. The highest BCUT2D eigenvalue weighted by atomic mass is 29.6. The Hall–Kier alpha value is 0.571. The molecule has 1 saturated heterocycles. The van der Waals surface area contributed by atoms with E-state index in [0.29, 0.717) is 0 Å². The molecule has 0 saturated carbocycles. The van der Waals surface area contributed by atoms with Gasteiger partial charge < -0.3 is 9.74 Å². The number of hydrogen-bond acceptors (Lipinski definition) is 2. The summed E-state index contributed by atoms with van der Waals surface area (Å²) in [4.78, 5) is 0. The highest BCUT2D eigenvalue weighted by Gasteiger charge is 2.61. The molecule has 1 unspecified atom stereocenters. The quantitative estimate of drug-likeness (QED) is 0.532. The summed E-state index contributed by atoms with van der Waals surface area (Å²) in [6.07, 6.45) is 3.90. The van der Waals surface area contributed by atoms with Crippen molar-refractivity contribution in [2.24, 2.45) is 0 Å². The van der Waals surface area contributed by atoms with Crippen LogP contribution in [0, 0.1) is 0 Å². The van der Waals surface area contributed by atoms with Gasteiger partial charge in [-0.1, -0.05) is 39.5 Å². The van der Waals surface area contributed by atoms with Gasteiger partial charge in [0, 0.05) is 13.2 Å². The molecular formula is C16H39NOSi3. The standard InChI is InChI=1S/C16H39NOSi3/c1-9-10-12-17-13-11-14-21(8)18-16(2,3)15-19(4,5)20(21,6)7/h17H,9-15H2,1-8H3. The van der Waals surface area contributed by atoms with Crippen molar-refractivity contribution in [1.29, 1.82) is 0 Å². The lowest BCUT2D eigenvalue weighted by atomic mass is 10.2. The predicted octanol–water partition coefficient (Wildman–Crippen LogP) is 4.72. The number of unbranched alkanes of at least 4 members (excludes halogenated alkanes) is 1. The molecule has 1 aliphatic rings. The number of nitrogens with one attached hydrogen (secondary N) is 1. The molecule has 1 N–H and O–H groups in total. The minimum absolute atomic E-state index is 0.134. The summed E-state index contributed by atoms with van der Waals surface area (Å²) in [5.74, 6) is 0. The molecule has 0 radical (unpaired) electrons. The molecule has 1 rings (SSSR count). The van der Waals surface area contributed by atoms with Gasteiger partial charge in [-0.25, -0.2) is 0 Å². The molecule has 0 aromatic rings. The van der Waals surface area contributed by atoms with E-state index in [0.717, 1.165) is 0 Å². The van der Waals surface area contributed by atoms with Crippen molar-refractivity contribution in [3.8, 4) is 0 Å². The minimum Gasteiger partial charge on any atom is -0.415 e. The molecule has 0 aromatic heterocycles. The van der Waals surface area contributed by atoms with E-state index < -0.39 is 22.5 Å².